The Morgan fingerprint density at radius 2 is 1.77 bits per heavy atom. The Morgan fingerprint density at radius 3 is 2.30 bits per heavy atom. The average molecular weight is 419 g/mol. The first kappa shape index (κ1) is 23.7. The Labute approximate surface area is 179 Å². The third-order valence-electron chi connectivity index (χ3n) is 5.63. The summed E-state index contributed by atoms with van der Waals surface area (Å²) >= 11 is 0. The van der Waals surface area contributed by atoms with E-state index in [1.165, 1.54) is 12.7 Å². The van der Waals surface area contributed by atoms with E-state index in [-0.39, 0.29) is 11.8 Å². The van der Waals surface area contributed by atoms with Crippen molar-refractivity contribution in [2.75, 3.05) is 20.2 Å². The lowest BCUT2D eigenvalue weighted by Crippen LogP contribution is -2.51. The maximum atomic E-state index is 12.7. The predicted molar refractivity (Wildman–Crippen MR) is 114 cm³/mol. The molecule has 1 aromatic carbocycles. The summed E-state index contributed by atoms with van der Waals surface area (Å²) in [7, 11) is 1.31. The van der Waals surface area contributed by atoms with Crippen LogP contribution in [0, 0.1) is 5.92 Å². The van der Waals surface area contributed by atoms with Crippen molar-refractivity contribution in [1.82, 2.24) is 10.2 Å². The summed E-state index contributed by atoms with van der Waals surface area (Å²) in [5.41, 5.74) is 0.492. The molecule has 166 valence electrons. The van der Waals surface area contributed by atoms with Crippen LogP contribution >= 0.6 is 0 Å². The molecule has 1 atom stereocenters. The molecule has 30 heavy (non-hydrogen) atoms. The van der Waals surface area contributed by atoms with Gasteiger partial charge in [0.2, 0.25) is 5.91 Å². The van der Waals surface area contributed by atoms with Gasteiger partial charge in [0.25, 0.3) is 0 Å². The number of methoxy groups -OCH3 is 1. The molecule has 0 aliphatic carbocycles. The quantitative estimate of drug-likeness (QED) is 0.655. The molecular weight excluding hydrogens is 384 g/mol. The van der Waals surface area contributed by atoms with E-state index < -0.39 is 23.7 Å². The molecule has 0 spiro atoms. The fraction of sp³-hybridized carbons (Fsp3) is 0.609. The number of carbonyl (C=O) groups excluding carboxylic acids is 3. The van der Waals surface area contributed by atoms with Crippen molar-refractivity contribution in [2.24, 2.45) is 5.92 Å². The molecule has 0 unspecified atom stereocenters. The van der Waals surface area contributed by atoms with Crippen molar-refractivity contribution >= 4 is 18.0 Å². The standard InChI is InChI=1S/C23H34N2O5/c1-17(2)16-20(21(27)29-4)24-22(28)30-23(11-10-19-8-6-5-7-9-19)12-14-25(15-13-23)18(3)26/h5-9,17,20H,10-16H2,1-4H3,(H,24,28)/t20-/m0/s1. The zero-order valence-corrected chi connectivity index (χ0v) is 18.5. The minimum absolute atomic E-state index is 0.0267. The first-order valence-corrected chi connectivity index (χ1v) is 10.6. The highest BCUT2D eigenvalue weighted by molar-refractivity contribution is 5.81. The van der Waals surface area contributed by atoms with Crippen LogP contribution in [0.4, 0.5) is 4.79 Å². The van der Waals surface area contributed by atoms with E-state index in [0.717, 1.165) is 6.42 Å². The van der Waals surface area contributed by atoms with E-state index in [1.807, 2.05) is 44.2 Å². The number of benzene rings is 1. The number of rotatable bonds is 8. The molecule has 7 nitrogen and oxygen atoms in total. The SMILES string of the molecule is COC(=O)[C@H](CC(C)C)NC(=O)OC1(CCc2ccccc2)CCN(C(C)=O)CC1. The van der Waals surface area contributed by atoms with Crippen LogP contribution in [-0.2, 0) is 25.5 Å². The van der Waals surface area contributed by atoms with Gasteiger partial charge < -0.3 is 19.7 Å². The maximum Gasteiger partial charge on any atom is 0.408 e. The number of nitrogens with one attached hydrogen (secondary N) is 1. The summed E-state index contributed by atoms with van der Waals surface area (Å²) in [6, 6.07) is 9.30. The number of piperidine rings is 1. The maximum absolute atomic E-state index is 12.7. The molecule has 1 aliphatic rings. The number of esters is 1. The third kappa shape index (κ3) is 7.04. The lowest BCUT2D eigenvalue weighted by molar-refractivity contribution is -0.144. The zero-order chi connectivity index (χ0) is 22.1. The van der Waals surface area contributed by atoms with Crippen LogP contribution in [0.1, 0.15) is 52.0 Å². The number of aryl methyl sites for hydroxylation is 1. The van der Waals surface area contributed by atoms with Crippen molar-refractivity contribution in [3.63, 3.8) is 0 Å². The summed E-state index contributed by atoms with van der Waals surface area (Å²) in [4.78, 5) is 38.3. The van der Waals surface area contributed by atoms with E-state index in [0.29, 0.717) is 38.8 Å². The molecule has 7 heteroatoms. The Balaban J connectivity index is 2.08. The van der Waals surface area contributed by atoms with E-state index in [1.54, 1.807) is 11.8 Å². The van der Waals surface area contributed by atoms with Gasteiger partial charge in [0, 0.05) is 32.9 Å². The number of carbonyl (C=O) groups is 3. The van der Waals surface area contributed by atoms with Crippen molar-refractivity contribution in [3.8, 4) is 0 Å². The minimum Gasteiger partial charge on any atom is -0.467 e. The van der Waals surface area contributed by atoms with Crippen LogP contribution in [0.2, 0.25) is 0 Å². The van der Waals surface area contributed by atoms with Crippen molar-refractivity contribution in [2.45, 2.75) is 64.5 Å². The number of likely N-dealkylation sites (tertiary alicyclic amines) is 1. The van der Waals surface area contributed by atoms with Crippen LogP contribution in [-0.4, -0.2) is 54.7 Å². The van der Waals surface area contributed by atoms with Crippen LogP contribution in [0.25, 0.3) is 0 Å². The second-order valence-corrected chi connectivity index (χ2v) is 8.41. The number of hydrogen-bond donors (Lipinski definition) is 1. The van der Waals surface area contributed by atoms with Gasteiger partial charge in [0.05, 0.1) is 7.11 Å². The lowest BCUT2D eigenvalue weighted by Gasteiger charge is -2.41. The second-order valence-electron chi connectivity index (χ2n) is 8.41. The van der Waals surface area contributed by atoms with Gasteiger partial charge in [-0.05, 0) is 30.7 Å². The molecule has 1 saturated heterocycles. The normalized spacial score (nSPS) is 16.6. The van der Waals surface area contributed by atoms with Crippen molar-refractivity contribution < 1.29 is 23.9 Å². The Hall–Kier alpha value is -2.57. The molecule has 1 heterocycles. The fourth-order valence-corrected chi connectivity index (χ4v) is 3.85. The van der Waals surface area contributed by atoms with E-state index in [4.69, 9.17) is 9.47 Å². The van der Waals surface area contributed by atoms with Crippen LogP contribution < -0.4 is 5.32 Å². The molecule has 1 fully saturated rings. The van der Waals surface area contributed by atoms with E-state index in [2.05, 4.69) is 5.32 Å². The molecule has 1 aliphatic heterocycles. The van der Waals surface area contributed by atoms with Gasteiger partial charge in [-0.1, -0.05) is 44.2 Å². The lowest BCUT2D eigenvalue weighted by atomic mass is 9.85. The third-order valence-corrected chi connectivity index (χ3v) is 5.63. The first-order chi connectivity index (χ1) is 14.2. The highest BCUT2D eigenvalue weighted by atomic mass is 16.6. The fourth-order valence-electron chi connectivity index (χ4n) is 3.85. The van der Waals surface area contributed by atoms with Gasteiger partial charge in [-0.25, -0.2) is 9.59 Å². The Bertz CT molecular complexity index is 712. The average Bonchev–Trinajstić information content (AvgIpc) is 2.72. The van der Waals surface area contributed by atoms with Crippen molar-refractivity contribution in [3.05, 3.63) is 35.9 Å². The highest BCUT2D eigenvalue weighted by Gasteiger charge is 2.39. The number of alkyl carbamates (subject to hydrolysis) is 1. The molecule has 0 aromatic heterocycles. The molecular formula is C23H34N2O5. The predicted octanol–water partition coefficient (Wildman–Crippen LogP) is 3.31. The van der Waals surface area contributed by atoms with Gasteiger partial charge in [0.15, 0.2) is 0 Å². The number of hydrogen-bond acceptors (Lipinski definition) is 5. The molecule has 1 aromatic rings. The monoisotopic (exact) mass is 418 g/mol. The second kappa shape index (κ2) is 11.0. The zero-order valence-electron chi connectivity index (χ0n) is 18.5. The first-order valence-electron chi connectivity index (χ1n) is 10.6. The highest BCUT2D eigenvalue weighted by Crippen LogP contribution is 2.32. The van der Waals surface area contributed by atoms with Crippen molar-refractivity contribution in [1.29, 1.82) is 0 Å². The summed E-state index contributed by atoms with van der Waals surface area (Å²) in [6.07, 6.45) is 2.41. The van der Waals surface area contributed by atoms with Gasteiger partial charge in [-0.2, -0.15) is 0 Å². The van der Waals surface area contributed by atoms with Gasteiger partial charge in [-0.3, -0.25) is 4.79 Å². The molecule has 0 radical (unpaired) electrons. The summed E-state index contributed by atoms with van der Waals surface area (Å²) in [6.45, 7) is 6.59. The Morgan fingerprint density at radius 1 is 1.13 bits per heavy atom. The molecule has 1 N–H and O–H groups in total. The Kier molecular flexibility index (Phi) is 8.69. The van der Waals surface area contributed by atoms with Gasteiger partial charge in [0.1, 0.15) is 11.6 Å². The van der Waals surface area contributed by atoms with Crippen LogP contribution in [0.15, 0.2) is 30.3 Å². The number of amides is 2. The van der Waals surface area contributed by atoms with E-state index in [9.17, 15) is 14.4 Å². The summed E-state index contributed by atoms with van der Waals surface area (Å²) in [5, 5.41) is 2.69. The smallest absolute Gasteiger partial charge is 0.408 e. The number of ether oxygens (including phenoxy) is 2. The van der Waals surface area contributed by atoms with Gasteiger partial charge >= 0.3 is 12.1 Å². The molecule has 2 rings (SSSR count). The van der Waals surface area contributed by atoms with Crippen LogP contribution in [0.5, 0.6) is 0 Å². The molecule has 0 saturated carbocycles. The topological polar surface area (TPSA) is 84.9 Å². The summed E-state index contributed by atoms with van der Waals surface area (Å²) < 4.78 is 10.8. The molecule has 2 amide bonds. The number of nitrogens with zero attached hydrogens (tertiary/aromatic N) is 1. The largest absolute Gasteiger partial charge is 0.467 e. The van der Waals surface area contributed by atoms with Gasteiger partial charge in [-0.15, -0.1) is 0 Å². The molecule has 0 bridgehead atoms. The van der Waals surface area contributed by atoms with E-state index >= 15 is 0 Å². The van der Waals surface area contributed by atoms with Crippen LogP contribution in [0.3, 0.4) is 0 Å². The minimum atomic E-state index is -0.744. The summed E-state index contributed by atoms with van der Waals surface area (Å²) in [5.74, 6) is -0.246.